The first-order chi connectivity index (χ1) is 7.06. The maximum atomic E-state index is 10.9. The Kier molecular flexibility index (Phi) is 4.76. The van der Waals surface area contributed by atoms with Crippen LogP contribution < -0.4 is 0 Å². The molecule has 1 unspecified atom stereocenters. The van der Waals surface area contributed by atoms with Crippen molar-refractivity contribution < 1.29 is 9.90 Å². The van der Waals surface area contributed by atoms with E-state index >= 15 is 0 Å². The summed E-state index contributed by atoms with van der Waals surface area (Å²) in [5.74, 6) is -0.757. The molecule has 84 valence electrons. The minimum Gasteiger partial charge on any atom is -0.480 e. The molecule has 1 aromatic heterocycles. The predicted octanol–water partition coefficient (Wildman–Crippen LogP) is 2.81. The lowest BCUT2D eigenvalue weighted by atomic mass is 10.2. The fourth-order valence-corrected chi connectivity index (χ4v) is 2.99. The predicted molar refractivity (Wildman–Crippen MR) is 65.2 cm³/mol. The molecule has 0 aromatic carbocycles. The number of hydrogen-bond donors (Lipinski definition) is 1. The quantitative estimate of drug-likeness (QED) is 0.907. The minimum absolute atomic E-state index is 0.404. The lowest BCUT2D eigenvalue weighted by Crippen LogP contribution is -2.37. The number of carbonyl (C=O) groups is 1. The third-order valence-electron chi connectivity index (χ3n) is 2.29. The summed E-state index contributed by atoms with van der Waals surface area (Å²) in [4.78, 5) is 14.0. The highest BCUT2D eigenvalue weighted by Gasteiger charge is 2.21. The Balaban J connectivity index is 2.66. The van der Waals surface area contributed by atoms with E-state index in [9.17, 15) is 4.79 Å². The van der Waals surface area contributed by atoms with Crippen LogP contribution >= 0.6 is 27.3 Å². The second-order valence-corrected chi connectivity index (χ2v) is 5.22. The third kappa shape index (κ3) is 3.29. The van der Waals surface area contributed by atoms with Gasteiger partial charge in [0, 0.05) is 15.9 Å². The number of aliphatic carboxylic acids is 1. The van der Waals surface area contributed by atoms with Crippen LogP contribution in [0.4, 0.5) is 0 Å². The standard InChI is InChI=1S/C10H14BrNO2S/c1-3-8(10(13)14)12(2)6-9-7(11)4-5-15-9/h4-5,8H,3,6H2,1-2H3,(H,13,14). The van der Waals surface area contributed by atoms with Crippen molar-refractivity contribution in [3.63, 3.8) is 0 Å². The Labute approximate surface area is 102 Å². The summed E-state index contributed by atoms with van der Waals surface area (Å²) in [6, 6.07) is 1.58. The molecule has 1 aromatic rings. The molecule has 5 heteroatoms. The lowest BCUT2D eigenvalue weighted by Gasteiger charge is -2.22. The van der Waals surface area contributed by atoms with E-state index in [0.29, 0.717) is 13.0 Å². The maximum Gasteiger partial charge on any atom is 0.320 e. The topological polar surface area (TPSA) is 40.5 Å². The van der Waals surface area contributed by atoms with Crippen molar-refractivity contribution >= 4 is 33.2 Å². The zero-order valence-corrected chi connectivity index (χ0v) is 11.1. The van der Waals surface area contributed by atoms with E-state index in [2.05, 4.69) is 15.9 Å². The lowest BCUT2D eigenvalue weighted by molar-refractivity contribution is -0.143. The van der Waals surface area contributed by atoms with Crippen LogP contribution in [-0.2, 0) is 11.3 Å². The van der Waals surface area contributed by atoms with Crippen LogP contribution in [0.1, 0.15) is 18.2 Å². The van der Waals surface area contributed by atoms with Gasteiger partial charge in [0.05, 0.1) is 0 Å². The zero-order chi connectivity index (χ0) is 11.4. The van der Waals surface area contributed by atoms with Gasteiger partial charge in [-0.3, -0.25) is 9.69 Å². The Morgan fingerprint density at radius 3 is 2.80 bits per heavy atom. The molecular weight excluding hydrogens is 278 g/mol. The summed E-state index contributed by atoms with van der Waals surface area (Å²) in [6.07, 6.45) is 0.620. The molecule has 15 heavy (non-hydrogen) atoms. The molecule has 0 saturated heterocycles. The normalized spacial score (nSPS) is 13.1. The molecular formula is C10H14BrNO2S. The number of carboxylic acids is 1. The number of hydrogen-bond acceptors (Lipinski definition) is 3. The number of nitrogens with zero attached hydrogens (tertiary/aromatic N) is 1. The summed E-state index contributed by atoms with van der Waals surface area (Å²) in [6.45, 7) is 2.56. The molecule has 0 aliphatic rings. The van der Waals surface area contributed by atoms with Crippen LogP contribution in [0.2, 0.25) is 0 Å². The summed E-state index contributed by atoms with van der Waals surface area (Å²) < 4.78 is 1.06. The first-order valence-electron chi connectivity index (χ1n) is 4.71. The molecule has 0 saturated carbocycles. The van der Waals surface area contributed by atoms with Crippen molar-refractivity contribution in [2.45, 2.75) is 25.9 Å². The van der Waals surface area contributed by atoms with Gasteiger partial charge in [0.1, 0.15) is 6.04 Å². The monoisotopic (exact) mass is 291 g/mol. The van der Waals surface area contributed by atoms with E-state index < -0.39 is 12.0 Å². The third-order valence-corrected chi connectivity index (χ3v) is 4.20. The fraction of sp³-hybridized carbons (Fsp3) is 0.500. The van der Waals surface area contributed by atoms with Gasteiger partial charge < -0.3 is 5.11 Å². The fourth-order valence-electron chi connectivity index (χ4n) is 1.45. The van der Waals surface area contributed by atoms with E-state index in [4.69, 9.17) is 5.11 Å². The molecule has 1 heterocycles. The van der Waals surface area contributed by atoms with Crippen LogP contribution in [0.25, 0.3) is 0 Å². The first kappa shape index (κ1) is 12.7. The molecule has 1 rings (SSSR count). The average molecular weight is 292 g/mol. The number of thiophene rings is 1. The van der Waals surface area contributed by atoms with Crippen LogP contribution in [-0.4, -0.2) is 29.1 Å². The summed E-state index contributed by atoms with van der Waals surface area (Å²) in [7, 11) is 1.84. The van der Waals surface area contributed by atoms with Gasteiger partial charge in [-0.1, -0.05) is 6.92 Å². The maximum absolute atomic E-state index is 10.9. The molecule has 0 aliphatic carbocycles. The molecule has 1 N–H and O–H groups in total. The van der Waals surface area contributed by atoms with Gasteiger partial charge in [-0.25, -0.2) is 0 Å². The van der Waals surface area contributed by atoms with Crippen molar-refractivity contribution in [1.82, 2.24) is 4.90 Å². The molecule has 3 nitrogen and oxygen atoms in total. The van der Waals surface area contributed by atoms with E-state index in [-0.39, 0.29) is 0 Å². The molecule has 0 fully saturated rings. The zero-order valence-electron chi connectivity index (χ0n) is 8.74. The van der Waals surface area contributed by atoms with Crippen molar-refractivity contribution in [2.24, 2.45) is 0 Å². The second-order valence-electron chi connectivity index (χ2n) is 3.37. The van der Waals surface area contributed by atoms with Gasteiger partial charge in [-0.2, -0.15) is 0 Å². The highest BCUT2D eigenvalue weighted by atomic mass is 79.9. The number of carboxylic acid groups (broad SMARTS) is 1. The first-order valence-corrected chi connectivity index (χ1v) is 6.38. The molecule has 0 amide bonds. The largest absolute Gasteiger partial charge is 0.480 e. The second kappa shape index (κ2) is 5.63. The molecule has 0 aliphatic heterocycles. The van der Waals surface area contributed by atoms with Gasteiger partial charge in [-0.05, 0) is 40.8 Å². The summed E-state index contributed by atoms with van der Waals surface area (Å²) >= 11 is 5.08. The average Bonchev–Trinajstić information content (AvgIpc) is 2.52. The highest BCUT2D eigenvalue weighted by Crippen LogP contribution is 2.24. The van der Waals surface area contributed by atoms with Gasteiger partial charge >= 0.3 is 5.97 Å². The Morgan fingerprint density at radius 2 is 2.40 bits per heavy atom. The van der Waals surface area contributed by atoms with Crippen LogP contribution in [0.5, 0.6) is 0 Å². The highest BCUT2D eigenvalue weighted by molar-refractivity contribution is 9.10. The van der Waals surface area contributed by atoms with Gasteiger partial charge in [0.2, 0.25) is 0 Å². The molecule has 0 radical (unpaired) electrons. The van der Waals surface area contributed by atoms with Crippen molar-refractivity contribution in [1.29, 1.82) is 0 Å². The number of likely N-dealkylation sites (N-methyl/N-ethyl adjacent to an activating group) is 1. The molecule has 0 bridgehead atoms. The SMILES string of the molecule is CCC(C(=O)O)N(C)Cc1sccc1Br. The van der Waals surface area contributed by atoms with Crippen molar-refractivity contribution in [3.05, 3.63) is 20.8 Å². The van der Waals surface area contributed by atoms with E-state index in [0.717, 1.165) is 9.35 Å². The van der Waals surface area contributed by atoms with E-state index in [1.54, 1.807) is 11.3 Å². The van der Waals surface area contributed by atoms with Gasteiger partial charge in [-0.15, -0.1) is 11.3 Å². The van der Waals surface area contributed by atoms with Gasteiger partial charge in [0.25, 0.3) is 0 Å². The Bertz CT molecular complexity index is 340. The summed E-state index contributed by atoms with van der Waals surface area (Å²) in [5.41, 5.74) is 0. The Morgan fingerprint density at radius 1 is 1.73 bits per heavy atom. The number of halogens is 1. The Hall–Kier alpha value is -0.390. The van der Waals surface area contributed by atoms with E-state index in [1.807, 2.05) is 30.3 Å². The van der Waals surface area contributed by atoms with Crippen LogP contribution in [0.15, 0.2) is 15.9 Å². The number of rotatable bonds is 5. The van der Waals surface area contributed by atoms with Crippen molar-refractivity contribution in [3.8, 4) is 0 Å². The molecule has 0 spiro atoms. The van der Waals surface area contributed by atoms with Crippen molar-refractivity contribution in [2.75, 3.05) is 7.05 Å². The minimum atomic E-state index is -0.757. The molecule has 1 atom stereocenters. The summed E-state index contributed by atoms with van der Waals surface area (Å²) in [5, 5.41) is 11.0. The smallest absolute Gasteiger partial charge is 0.320 e. The van der Waals surface area contributed by atoms with Crippen LogP contribution in [0.3, 0.4) is 0 Å². The van der Waals surface area contributed by atoms with E-state index in [1.165, 1.54) is 0 Å². The van der Waals surface area contributed by atoms with Crippen LogP contribution in [0, 0.1) is 0 Å². The van der Waals surface area contributed by atoms with Gasteiger partial charge in [0.15, 0.2) is 0 Å².